The minimum absolute atomic E-state index is 0.0248. The number of nitrogens with one attached hydrogen (secondary N) is 5. The number of ether oxygens (including phenoxy) is 2. The van der Waals surface area contributed by atoms with Gasteiger partial charge in [-0.1, -0.05) is 73.9 Å². The van der Waals surface area contributed by atoms with E-state index in [1.165, 1.54) is 30.9 Å². The molecule has 1 aromatic rings. The standard InChI is InChI=1S/C44H69N7O11/c1-12-26(8)35(45-22-52)40(56)49-36-27(9)62-44(60)37(25(6)7)50(10)42(58)32(19-23(2)3)47-39(55)33-21-29(53)17-18-51(33)43(59)34(24(4)5)48-38(54)31(46-41(36)57)20-28-13-15-30(61-11)16-14-28/h13-16,22-27,29,31-37,53H,12,17-21H2,1-11H3,(H,45,52)(H,46,57)(H,47,55)(H,48,54)(H,49,56)/t26-,27-,29-,31-,32+,33+,34-,35+,36+,37?/m1/s1. The van der Waals surface area contributed by atoms with E-state index in [2.05, 4.69) is 26.6 Å². The first-order chi connectivity index (χ1) is 29.1. The third-order valence-corrected chi connectivity index (χ3v) is 11.7. The Labute approximate surface area is 365 Å². The molecule has 3 rings (SSSR count). The summed E-state index contributed by atoms with van der Waals surface area (Å²) in [5, 5.41) is 24.2. The number of rotatable bonds is 13. The number of piperidine rings is 1. The minimum atomic E-state index is -1.63. The van der Waals surface area contributed by atoms with Gasteiger partial charge in [-0.15, -0.1) is 0 Å². The Morgan fingerprint density at radius 2 is 1.55 bits per heavy atom. The van der Waals surface area contributed by atoms with Crippen molar-refractivity contribution in [1.82, 2.24) is 36.4 Å². The summed E-state index contributed by atoms with van der Waals surface area (Å²) in [4.78, 5) is 114. The van der Waals surface area contributed by atoms with Crippen molar-refractivity contribution in [2.24, 2.45) is 23.7 Å². The number of carbonyl (C=O) groups is 8. The molecule has 2 saturated heterocycles. The molecule has 6 N–H and O–H groups in total. The molecule has 18 heteroatoms. The fraction of sp³-hybridized carbons (Fsp3) is 0.682. The number of nitrogens with zero attached hydrogens (tertiary/aromatic N) is 2. The summed E-state index contributed by atoms with van der Waals surface area (Å²) in [6.45, 7) is 15.4. The number of hydrogen-bond donors (Lipinski definition) is 6. The zero-order chi connectivity index (χ0) is 46.6. The van der Waals surface area contributed by atoms with E-state index in [0.717, 1.165) is 0 Å². The third kappa shape index (κ3) is 13.4. The molecule has 2 aliphatic rings. The van der Waals surface area contributed by atoms with Crippen molar-refractivity contribution < 1.29 is 52.9 Å². The summed E-state index contributed by atoms with van der Waals surface area (Å²) in [7, 11) is 2.90. The molecule has 0 saturated carbocycles. The Bertz CT molecular complexity index is 1740. The van der Waals surface area contributed by atoms with Gasteiger partial charge in [-0.2, -0.15) is 0 Å². The lowest BCUT2D eigenvalue weighted by Gasteiger charge is -2.40. The monoisotopic (exact) mass is 872 g/mol. The number of cyclic esters (lactones) is 1. The number of likely N-dealkylation sites (N-methyl/N-ethyl adjacent to an activating group) is 1. The Morgan fingerprint density at radius 3 is 2.10 bits per heavy atom. The van der Waals surface area contributed by atoms with E-state index in [1.54, 1.807) is 58.9 Å². The number of hydrogen-bond acceptors (Lipinski definition) is 11. The van der Waals surface area contributed by atoms with Crippen LogP contribution < -0.4 is 31.3 Å². The molecule has 346 valence electrons. The van der Waals surface area contributed by atoms with Crippen LogP contribution in [0.5, 0.6) is 5.75 Å². The van der Waals surface area contributed by atoms with Crippen LogP contribution in [0.15, 0.2) is 24.3 Å². The van der Waals surface area contributed by atoms with Crippen LogP contribution in [-0.4, -0.2) is 138 Å². The van der Waals surface area contributed by atoms with Crippen molar-refractivity contribution in [1.29, 1.82) is 0 Å². The minimum Gasteiger partial charge on any atom is -0.497 e. The van der Waals surface area contributed by atoms with E-state index in [0.29, 0.717) is 24.1 Å². The quantitative estimate of drug-likeness (QED) is 0.120. The van der Waals surface area contributed by atoms with Crippen molar-refractivity contribution in [2.45, 2.75) is 149 Å². The molecule has 62 heavy (non-hydrogen) atoms. The second kappa shape index (κ2) is 23.3. The molecule has 0 spiro atoms. The van der Waals surface area contributed by atoms with E-state index in [-0.39, 0.29) is 44.1 Å². The molecule has 2 heterocycles. The molecular formula is C44H69N7O11. The topological polar surface area (TPSA) is 242 Å². The number of carbonyl (C=O) groups excluding carboxylic acids is 8. The number of fused-ring (bicyclic) bond motifs is 1. The fourth-order valence-electron chi connectivity index (χ4n) is 7.86. The molecule has 2 fully saturated rings. The summed E-state index contributed by atoms with van der Waals surface area (Å²) in [5.41, 5.74) is 0.592. The smallest absolute Gasteiger partial charge is 0.329 e. The first kappa shape index (κ1) is 51.1. The molecule has 0 aromatic heterocycles. The van der Waals surface area contributed by atoms with Gasteiger partial charge in [0.1, 0.15) is 54.1 Å². The van der Waals surface area contributed by atoms with E-state index in [1.807, 2.05) is 20.8 Å². The van der Waals surface area contributed by atoms with Gasteiger partial charge in [0.2, 0.25) is 41.9 Å². The fourth-order valence-corrected chi connectivity index (χ4v) is 7.86. The summed E-state index contributed by atoms with van der Waals surface area (Å²) in [5.74, 6) is -6.28. The van der Waals surface area contributed by atoms with Gasteiger partial charge < -0.3 is 51.0 Å². The van der Waals surface area contributed by atoms with Gasteiger partial charge in [0.25, 0.3) is 0 Å². The first-order valence-electron chi connectivity index (χ1n) is 21.6. The van der Waals surface area contributed by atoms with E-state index < -0.39 is 108 Å². The first-order valence-corrected chi connectivity index (χ1v) is 21.6. The van der Waals surface area contributed by atoms with Crippen molar-refractivity contribution in [3.05, 3.63) is 29.8 Å². The van der Waals surface area contributed by atoms with Crippen LogP contribution in [0.2, 0.25) is 0 Å². The lowest BCUT2D eigenvalue weighted by atomic mass is 9.94. The van der Waals surface area contributed by atoms with E-state index in [4.69, 9.17) is 9.47 Å². The summed E-state index contributed by atoms with van der Waals surface area (Å²) in [6.07, 6.45) is -1.39. The highest BCUT2D eigenvalue weighted by Crippen LogP contribution is 2.24. The SMILES string of the molecule is CC[C@@H](C)[C@H](NC=O)C(=O)N[C@@H]1C(=O)N[C@H](Cc2ccc(OC)cc2)C(=O)N[C@H](C(C)C)C(=O)N2CC[C@@H](O)C[C@H]2C(=O)N[C@@H](CC(C)C)C(=O)N(C)C(C(C)C)C(=O)O[C@@H]1C. The predicted octanol–water partition coefficient (Wildman–Crippen LogP) is 0.820. The number of aliphatic hydroxyl groups is 1. The molecule has 0 bridgehead atoms. The number of methoxy groups -OCH3 is 1. The second-order valence-electron chi connectivity index (χ2n) is 17.7. The summed E-state index contributed by atoms with van der Waals surface area (Å²) in [6, 6.07) is -2.17. The Hall–Kier alpha value is -5.26. The Balaban J connectivity index is 2.26. The summed E-state index contributed by atoms with van der Waals surface area (Å²) >= 11 is 0. The van der Waals surface area contributed by atoms with Crippen molar-refractivity contribution >= 4 is 47.8 Å². The maximum Gasteiger partial charge on any atom is 0.329 e. The average molecular weight is 872 g/mol. The van der Waals surface area contributed by atoms with Gasteiger partial charge >= 0.3 is 5.97 Å². The summed E-state index contributed by atoms with van der Waals surface area (Å²) < 4.78 is 11.2. The normalized spacial score (nSPS) is 27.1. The molecule has 7 amide bonds. The van der Waals surface area contributed by atoms with Gasteiger partial charge in [-0.25, -0.2) is 4.79 Å². The molecule has 2 aliphatic heterocycles. The highest BCUT2D eigenvalue weighted by atomic mass is 16.5. The van der Waals surface area contributed by atoms with Gasteiger partial charge in [-0.05, 0) is 61.1 Å². The molecule has 0 aliphatic carbocycles. The van der Waals surface area contributed by atoms with Crippen LogP contribution in [0.1, 0.15) is 93.6 Å². The number of amides is 7. The van der Waals surface area contributed by atoms with Crippen LogP contribution >= 0.6 is 0 Å². The van der Waals surface area contributed by atoms with E-state index >= 15 is 0 Å². The van der Waals surface area contributed by atoms with Gasteiger partial charge in [-0.3, -0.25) is 33.6 Å². The second-order valence-corrected chi connectivity index (χ2v) is 17.7. The molecule has 1 aromatic carbocycles. The van der Waals surface area contributed by atoms with Crippen LogP contribution in [0, 0.1) is 23.7 Å². The van der Waals surface area contributed by atoms with Crippen LogP contribution in [0.25, 0.3) is 0 Å². The molecule has 18 nitrogen and oxygen atoms in total. The lowest BCUT2D eigenvalue weighted by Crippen LogP contribution is -2.64. The average Bonchev–Trinajstić information content (AvgIpc) is 3.21. The Kier molecular flexibility index (Phi) is 19.2. The number of benzene rings is 1. The van der Waals surface area contributed by atoms with Gasteiger partial charge in [0, 0.05) is 26.4 Å². The molecule has 0 radical (unpaired) electrons. The van der Waals surface area contributed by atoms with E-state index in [9.17, 15) is 43.5 Å². The van der Waals surface area contributed by atoms with Crippen LogP contribution in [0.4, 0.5) is 0 Å². The zero-order valence-electron chi connectivity index (χ0n) is 38.1. The van der Waals surface area contributed by atoms with Gasteiger partial charge in [0.05, 0.1) is 13.2 Å². The van der Waals surface area contributed by atoms with Crippen molar-refractivity contribution in [2.75, 3.05) is 20.7 Å². The highest BCUT2D eigenvalue weighted by Gasteiger charge is 2.44. The van der Waals surface area contributed by atoms with Crippen LogP contribution in [-0.2, 0) is 49.5 Å². The number of esters is 1. The maximum atomic E-state index is 14.6. The predicted molar refractivity (Wildman–Crippen MR) is 229 cm³/mol. The molecule has 1 unspecified atom stereocenters. The van der Waals surface area contributed by atoms with Crippen molar-refractivity contribution in [3.8, 4) is 5.75 Å². The lowest BCUT2D eigenvalue weighted by molar-refractivity contribution is -0.163. The highest BCUT2D eigenvalue weighted by molar-refractivity contribution is 5.98. The van der Waals surface area contributed by atoms with Gasteiger partial charge in [0.15, 0.2) is 0 Å². The molecular weight excluding hydrogens is 803 g/mol. The molecule has 10 atom stereocenters. The third-order valence-electron chi connectivity index (χ3n) is 11.7. The largest absolute Gasteiger partial charge is 0.497 e. The number of aliphatic hydroxyl groups excluding tert-OH is 1. The zero-order valence-corrected chi connectivity index (χ0v) is 38.1. The maximum absolute atomic E-state index is 14.6. The Morgan fingerprint density at radius 1 is 0.919 bits per heavy atom. The van der Waals surface area contributed by atoms with Crippen molar-refractivity contribution in [3.63, 3.8) is 0 Å². The van der Waals surface area contributed by atoms with Crippen LogP contribution in [0.3, 0.4) is 0 Å².